The Morgan fingerprint density at radius 2 is 2.21 bits per heavy atom. The van der Waals surface area contributed by atoms with Crippen LogP contribution in [0.5, 0.6) is 0 Å². The van der Waals surface area contributed by atoms with Gasteiger partial charge in [0.15, 0.2) is 11.3 Å². The van der Waals surface area contributed by atoms with Crippen molar-refractivity contribution >= 4 is 11.6 Å². The van der Waals surface area contributed by atoms with E-state index in [0.717, 1.165) is 24.8 Å². The van der Waals surface area contributed by atoms with E-state index in [2.05, 4.69) is 22.0 Å². The van der Waals surface area contributed by atoms with Crippen molar-refractivity contribution in [1.29, 1.82) is 0 Å². The average molecular weight is 323 g/mol. The van der Waals surface area contributed by atoms with Gasteiger partial charge in [-0.25, -0.2) is 9.50 Å². The molecule has 6 nitrogen and oxygen atoms in total. The minimum Gasteiger partial charge on any atom is -0.333 e. The number of rotatable bonds is 6. The molecule has 0 spiro atoms. The standard InChI is InChI=1S/C18H21N5O/c1-3-4-8-16(14-7-5-9-19-13-14)22(2)18(24)15-12-17-20-10-6-11-23(17)21-15/h5-7,9-13,16H,3-4,8H2,1-2H3/t16-/m0/s1. The molecule has 0 saturated carbocycles. The molecule has 3 aromatic rings. The molecule has 0 aliphatic rings. The lowest BCUT2D eigenvalue weighted by molar-refractivity contribution is 0.0714. The molecule has 0 aliphatic carbocycles. The number of pyridine rings is 1. The number of fused-ring (bicyclic) bond motifs is 1. The van der Waals surface area contributed by atoms with Crippen LogP contribution in [-0.2, 0) is 0 Å². The molecular formula is C18H21N5O. The van der Waals surface area contributed by atoms with Crippen LogP contribution in [0.2, 0.25) is 0 Å². The van der Waals surface area contributed by atoms with Crippen LogP contribution < -0.4 is 0 Å². The summed E-state index contributed by atoms with van der Waals surface area (Å²) >= 11 is 0. The molecule has 0 bridgehead atoms. The fraction of sp³-hybridized carbons (Fsp3) is 0.333. The summed E-state index contributed by atoms with van der Waals surface area (Å²) in [5.41, 5.74) is 2.12. The molecule has 6 heteroatoms. The van der Waals surface area contributed by atoms with Crippen molar-refractivity contribution in [2.24, 2.45) is 0 Å². The van der Waals surface area contributed by atoms with Gasteiger partial charge < -0.3 is 4.90 Å². The van der Waals surface area contributed by atoms with Crippen LogP contribution in [0.15, 0.2) is 49.1 Å². The average Bonchev–Trinajstić information content (AvgIpc) is 3.06. The summed E-state index contributed by atoms with van der Waals surface area (Å²) in [6.45, 7) is 2.15. The zero-order chi connectivity index (χ0) is 16.9. The molecule has 1 atom stereocenters. The summed E-state index contributed by atoms with van der Waals surface area (Å²) < 4.78 is 1.62. The maximum atomic E-state index is 12.9. The molecule has 3 heterocycles. The van der Waals surface area contributed by atoms with Gasteiger partial charge >= 0.3 is 0 Å². The lowest BCUT2D eigenvalue weighted by atomic mass is 10.0. The van der Waals surface area contributed by atoms with Crippen LogP contribution in [0.25, 0.3) is 5.65 Å². The maximum Gasteiger partial charge on any atom is 0.274 e. The third-order valence-corrected chi connectivity index (χ3v) is 4.14. The highest BCUT2D eigenvalue weighted by atomic mass is 16.2. The van der Waals surface area contributed by atoms with Gasteiger partial charge in [0.1, 0.15) is 0 Å². The van der Waals surface area contributed by atoms with E-state index in [4.69, 9.17) is 0 Å². The molecule has 0 fully saturated rings. The Kier molecular flexibility index (Phi) is 4.84. The van der Waals surface area contributed by atoms with Crippen molar-refractivity contribution in [3.8, 4) is 0 Å². The van der Waals surface area contributed by atoms with Crippen LogP contribution in [0.3, 0.4) is 0 Å². The molecule has 24 heavy (non-hydrogen) atoms. The molecule has 0 aliphatic heterocycles. The minimum absolute atomic E-state index is 0.0103. The first-order valence-corrected chi connectivity index (χ1v) is 8.18. The topological polar surface area (TPSA) is 63.4 Å². The molecule has 0 aromatic carbocycles. The molecule has 0 radical (unpaired) electrons. The van der Waals surface area contributed by atoms with E-state index in [1.54, 1.807) is 40.1 Å². The lowest BCUT2D eigenvalue weighted by Gasteiger charge is -2.28. The summed E-state index contributed by atoms with van der Waals surface area (Å²) in [6.07, 6.45) is 10.1. The highest BCUT2D eigenvalue weighted by Crippen LogP contribution is 2.26. The Balaban J connectivity index is 1.88. The first-order chi connectivity index (χ1) is 11.7. The van der Waals surface area contributed by atoms with E-state index in [1.165, 1.54) is 0 Å². The normalized spacial score (nSPS) is 12.2. The number of aromatic nitrogens is 4. The van der Waals surface area contributed by atoms with Gasteiger partial charge in [-0.2, -0.15) is 5.10 Å². The Morgan fingerprint density at radius 1 is 1.33 bits per heavy atom. The van der Waals surface area contributed by atoms with Gasteiger partial charge in [0.25, 0.3) is 5.91 Å². The Hall–Kier alpha value is -2.76. The smallest absolute Gasteiger partial charge is 0.274 e. The summed E-state index contributed by atoms with van der Waals surface area (Å²) in [5.74, 6) is -0.106. The fourth-order valence-corrected chi connectivity index (χ4v) is 2.81. The van der Waals surface area contributed by atoms with Crippen molar-refractivity contribution < 1.29 is 4.79 Å². The second-order valence-corrected chi connectivity index (χ2v) is 5.81. The predicted octanol–water partition coefficient (Wildman–Crippen LogP) is 3.13. The second kappa shape index (κ2) is 7.21. The van der Waals surface area contributed by atoms with Gasteiger partial charge in [-0.1, -0.05) is 25.8 Å². The van der Waals surface area contributed by atoms with Crippen molar-refractivity contribution in [2.75, 3.05) is 7.05 Å². The summed E-state index contributed by atoms with van der Waals surface area (Å²) in [6, 6.07) is 7.42. The summed E-state index contributed by atoms with van der Waals surface area (Å²) in [7, 11) is 1.83. The number of hydrogen-bond acceptors (Lipinski definition) is 4. The third kappa shape index (κ3) is 3.27. The van der Waals surface area contributed by atoms with Gasteiger partial charge in [-0.3, -0.25) is 9.78 Å². The first kappa shape index (κ1) is 16.1. The molecule has 3 aromatic heterocycles. The number of carbonyl (C=O) groups is 1. The quantitative estimate of drug-likeness (QED) is 0.699. The summed E-state index contributed by atoms with van der Waals surface area (Å²) in [5, 5.41) is 4.34. The van der Waals surface area contributed by atoms with Crippen molar-refractivity contribution in [1.82, 2.24) is 24.5 Å². The highest BCUT2D eigenvalue weighted by molar-refractivity contribution is 5.93. The van der Waals surface area contributed by atoms with E-state index < -0.39 is 0 Å². The third-order valence-electron chi connectivity index (χ3n) is 4.14. The molecule has 0 N–H and O–H groups in total. The van der Waals surface area contributed by atoms with Crippen LogP contribution in [0.1, 0.15) is 48.3 Å². The monoisotopic (exact) mass is 323 g/mol. The van der Waals surface area contributed by atoms with Gasteiger partial charge in [0.05, 0.1) is 6.04 Å². The van der Waals surface area contributed by atoms with Gasteiger partial charge in [0, 0.05) is 37.9 Å². The Bertz CT molecular complexity index is 781. The number of amides is 1. The van der Waals surface area contributed by atoms with Crippen LogP contribution >= 0.6 is 0 Å². The second-order valence-electron chi connectivity index (χ2n) is 5.81. The Morgan fingerprint density at radius 3 is 2.92 bits per heavy atom. The molecule has 0 saturated heterocycles. The maximum absolute atomic E-state index is 12.9. The van der Waals surface area contributed by atoms with E-state index >= 15 is 0 Å². The van der Waals surface area contributed by atoms with Gasteiger partial charge in [-0.05, 0) is 24.1 Å². The lowest BCUT2D eigenvalue weighted by Crippen LogP contribution is -2.31. The zero-order valence-corrected chi connectivity index (χ0v) is 14.0. The SMILES string of the molecule is CCCC[C@@H](c1cccnc1)N(C)C(=O)c1cc2ncccn2n1. The van der Waals surface area contributed by atoms with Crippen molar-refractivity contribution in [3.63, 3.8) is 0 Å². The van der Waals surface area contributed by atoms with Crippen LogP contribution in [-0.4, -0.2) is 37.4 Å². The largest absolute Gasteiger partial charge is 0.333 e. The number of unbranched alkanes of at least 4 members (excludes halogenated alkanes) is 1. The summed E-state index contributed by atoms with van der Waals surface area (Å²) in [4.78, 5) is 23.1. The number of hydrogen-bond donors (Lipinski definition) is 0. The first-order valence-electron chi connectivity index (χ1n) is 8.18. The molecule has 124 valence electrons. The van der Waals surface area contributed by atoms with Crippen LogP contribution in [0, 0.1) is 0 Å². The van der Waals surface area contributed by atoms with E-state index in [-0.39, 0.29) is 11.9 Å². The minimum atomic E-state index is -0.106. The zero-order valence-electron chi connectivity index (χ0n) is 14.0. The Labute approximate surface area is 141 Å². The van der Waals surface area contributed by atoms with E-state index in [9.17, 15) is 4.79 Å². The predicted molar refractivity (Wildman–Crippen MR) is 91.6 cm³/mol. The molecule has 0 unspecified atom stereocenters. The van der Waals surface area contributed by atoms with E-state index in [0.29, 0.717) is 11.3 Å². The van der Waals surface area contributed by atoms with Gasteiger partial charge in [0.2, 0.25) is 0 Å². The molecular weight excluding hydrogens is 302 g/mol. The van der Waals surface area contributed by atoms with Crippen molar-refractivity contribution in [2.45, 2.75) is 32.2 Å². The fourth-order valence-electron chi connectivity index (χ4n) is 2.81. The molecule has 3 rings (SSSR count). The number of nitrogens with zero attached hydrogens (tertiary/aromatic N) is 5. The highest BCUT2D eigenvalue weighted by Gasteiger charge is 2.24. The van der Waals surface area contributed by atoms with E-state index in [1.807, 2.05) is 25.4 Å². The molecule has 1 amide bonds. The van der Waals surface area contributed by atoms with Crippen LogP contribution in [0.4, 0.5) is 0 Å². The number of carbonyl (C=O) groups excluding carboxylic acids is 1. The van der Waals surface area contributed by atoms with Gasteiger partial charge in [-0.15, -0.1) is 0 Å². The van der Waals surface area contributed by atoms with Crippen molar-refractivity contribution in [3.05, 3.63) is 60.3 Å².